The SMILES string of the molecule is CC(C)N=c1ccccn1C(=O)c1nn(C)c(=O)c2ccccc12. The summed E-state index contributed by atoms with van der Waals surface area (Å²) in [6.07, 6.45) is 1.66. The summed E-state index contributed by atoms with van der Waals surface area (Å²) < 4.78 is 2.65. The van der Waals surface area contributed by atoms with E-state index in [1.807, 2.05) is 19.9 Å². The fourth-order valence-electron chi connectivity index (χ4n) is 2.55. The second kappa shape index (κ2) is 6.23. The van der Waals surface area contributed by atoms with Crippen LogP contribution in [0.3, 0.4) is 0 Å². The lowest BCUT2D eigenvalue weighted by Gasteiger charge is -2.10. The lowest BCUT2D eigenvalue weighted by molar-refractivity contribution is 0.0949. The smallest absolute Gasteiger partial charge is 0.267 e. The first-order valence-corrected chi connectivity index (χ1v) is 7.71. The standard InChI is InChI=1S/C18H18N4O2/c1-12(2)19-15-10-6-7-11-22(15)18(24)16-13-8-4-5-9-14(13)17(23)21(3)20-16/h4-12H,1-3H3. The summed E-state index contributed by atoms with van der Waals surface area (Å²) in [5.74, 6) is -0.318. The molecular weight excluding hydrogens is 304 g/mol. The molecule has 2 aromatic heterocycles. The number of carbonyl (C=O) groups excluding carboxylic acids is 1. The molecule has 0 spiro atoms. The van der Waals surface area contributed by atoms with Crippen molar-refractivity contribution >= 4 is 16.7 Å². The monoisotopic (exact) mass is 322 g/mol. The van der Waals surface area contributed by atoms with Gasteiger partial charge in [-0.05, 0) is 32.0 Å². The maximum atomic E-state index is 13.1. The molecule has 0 aliphatic rings. The molecule has 0 bridgehead atoms. The summed E-state index contributed by atoms with van der Waals surface area (Å²) in [4.78, 5) is 29.7. The third-order valence-corrected chi connectivity index (χ3v) is 3.61. The number of aryl methyl sites for hydroxylation is 1. The average Bonchev–Trinajstić information content (AvgIpc) is 2.57. The highest BCUT2D eigenvalue weighted by Gasteiger charge is 2.17. The molecule has 0 aliphatic carbocycles. The van der Waals surface area contributed by atoms with Crippen molar-refractivity contribution < 1.29 is 4.79 Å². The molecule has 0 fully saturated rings. The van der Waals surface area contributed by atoms with E-state index in [1.54, 1.807) is 49.6 Å². The van der Waals surface area contributed by atoms with Crippen LogP contribution in [0.5, 0.6) is 0 Å². The van der Waals surface area contributed by atoms with Crippen LogP contribution in [0.25, 0.3) is 10.8 Å². The van der Waals surface area contributed by atoms with Crippen molar-refractivity contribution in [2.45, 2.75) is 19.9 Å². The largest absolute Gasteiger partial charge is 0.284 e. The van der Waals surface area contributed by atoms with Crippen molar-refractivity contribution in [1.29, 1.82) is 0 Å². The number of pyridine rings is 1. The average molecular weight is 322 g/mol. The van der Waals surface area contributed by atoms with Gasteiger partial charge in [-0.25, -0.2) is 4.68 Å². The summed E-state index contributed by atoms with van der Waals surface area (Å²) in [6, 6.07) is 12.4. The second-order valence-corrected chi connectivity index (χ2v) is 5.78. The van der Waals surface area contributed by atoms with Gasteiger partial charge in [0.1, 0.15) is 5.49 Å². The molecule has 0 saturated heterocycles. The molecule has 0 N–H and O–H groups in total. The van der Waals surface area contributed by atoms with Crippen LogP contribution in [0.2, 0.25) is 0 Å². The molecule has 3 rings (SSSR count). The van der Waals surface area contributed by atoms with Gasteiger partial charge >= 0.3 is 0 Å². The molecule has 2 heterocycles. The lowest BCUT2D eigenvalue weighted by atomic mass is 10.1. The van der Waals surface area contributed by atoms with Crippen molar-refractivity contribution in [3.63, 3.8) is 0 Å². The van der Waals surface area contributed by atoms with Crippen LogP contribution in [0.1, 0.15) is 24.3 Å². The first kappa shape index (κ1) is 15.9. The number of rotatable bonds is 2. The van der Waals surface area contributed by atoms with Crippen molar-refractivity contribution in [2.24, 2.45) is 12.0 Å². The van der Waals surface area contributed by atoms with Crippen molar-refractivity contribution in [1.82, 2.24) is 14.3 Å². The Morgan fingerprint density at radius 3 is 2.46 bits per heavy atom. The van der Waals surface area contributed by atoms with Gasteiger partial charge in [-0.1, -0.05) is 24.3 Å². The van der Waals surface area contributed by atoms with E-state index in [1.165, 1.54) is 9.25 Å². The molecule has 6 nitrogen and oxygen atoms in total. The second-order valence-electron chi connectivity index (χ2n) is 5.78. The van der Waals surface area contributed by atoms with E-state index in [2.05, 4.69) is 10.1 Å². The minimum absolute atomic E-state index is 0.0521. The number of hydrogen-bond acceptors (Lipinski definition) is 4. The van der Waals surface area contributed by atoms with Crippen molar-refractivity contribution in [2.75, 3.05) is 0 Å². The Bertz CT molecular complexity index is 1040. The fraction of sp³-hybridized carbons (Fsp3) is 0.222. The highest BCUT2D eigenvalue weighted by molar-refractivity contribution is 6.05. The van der Waals surface area contributed by atoms with Crippen LogP contribution in [0.15, 0.2) is 58.4 Å². The van der Waals surface area contributed by atoms with Gasteiger partial charge in [0.2, 0.25) is 0 Å². The molecule has 0 atom stereocenters. The van der Waals surface area contributed by atoms with E-state index in [0.717, 1.165) is 0 Å². The molecule has 0 amide bonds. The minimum atomic E-state index is -0.318. The molecular formula is C18H18N4O2. The predicted molar refractivity (Wildman–Crippen MR) is 91.8 cm³/mol. The molecule has 0 saturated carbocycles. The first-order chi connectivity index (χ1) is 11.5. The number of aromatic nitrogens is 3. The quantitative estimate of drug-likeness (QED) is 0.721. The van der Waals surface area contributed by atoms with E-state index < -0.39 is 0 Å². The Kier molecular flexibility index (Phi) is 4.12. The van der Waals surface area contributed by atoms with Crippen LogP contribution >= 0.6 is 0 Å². The number of benzene rings is 1. The van der Waals surface area contributed by atoms with Crippen molar-refractivity contribution in [3.05, 3.63) is 70.2 Å². The Labute approximate surface area is 138 Å². The molecule has 0 radical (unpaired) electrons. The summed E-state index contributed by atoms with van der Waals surface area (Å²) in [5, 5.41) is 5.20. The summed E-state index contributed by atoms with van der Waals surface area (Å²) in [7, 11) is 1.54. The van der Waals surface area contributed by atoms with Crippen LogP contribution in [0.4, 0.5) is 0 Å². The van der Waals surface area contributed by atoms with Gasteiger partial charge in [0.25, 0.3) is 11.5 Å². The number of carbonyl (C=O) groups is 1. The molecule has 6 heteroatoms. The molecule has 1 aromatic carbocycles. The van der Waals surface area contributed by atoms with E-state index in [4.69, 9.17) is 0 Å². The maximum Gasteiger partial charge on any atom is 0.284 e. The van der Waals surface area contributed by atoms with E-state index in [0.29, 0.717) is 16.3 Å². The van der Waals surface area contributed by atoms with Gasteiger partial charge in [0, 0.05) is 24.7 Å². The molecule has 122 valence electrons. The summed E-state index contributed by atoms with van der Waals surface area (Å²) in [6.45, 7) is 3.89. The van der Waals surface area contributed by atoms with Gasteiger partial charge in [-0.3, -0.25) is 19.1 Å². The molecule has 24 heavy (non-hydrogen) atoms. The van der Waals surface area contributed by atoms with Crippen LogP contribution < -0.4 is 11.0 Å². The van der Waals surface area contributed by atoms with Gasteiger partial charge in [-0.15, -0.1) is 0 Å². The topological polar surface area (TPSA) is 69.2 Å². The zero-order valence-electron chi connectivity index (χ0n) is 13.8. The number of nitrogens with zero attached hydrogens (tertiary/aromatic N) is 4. The zero-order chi connectivity index (χ0) is 17.3. The van der Waals surface area contributed by atoms with Gasteiger partial charge in [0.05, 0.1) is 5.39 Å². The maximum absolute atomic E-state index is 13.1. The molecule has 0 aliphatic heterocycles. The Morgan fingerprint density at radius 2 is 1.75 bits per heavy atom. The Balaban J connectivity index is 2.29. The normalized spacial score (nSPS) is 12.1. The van der Waals surface area contributed by atoms with E-state index in [9.17, 15) is 9.59 Å². The summed E-state index contributed by atoms with van der Waals surface area (Å²) >= 11 is 0. The Morgan fingerprint density at radius 1 is 1.08 bits per heavy atom. The van der Waals surface area contributed by atoms with Crippen LogP contribution in [-0.2, 0) is 7.05 Å². The van der Waals surface area contributed by atoms with Crippen LogP contribution in [-0.4, -0.2) is 26.3 Å². The van der Waals surface area contributed by atoms with Crippen molar-refractivity contribution in [3.8, 4) is 0 Å². The lowest BCUT2D eigenvalue weighted by Crippen LogP contribution is -2.31. The third-order valence-electron chi connectivity index (χ3n) is 3.61. The third kappa shape index (κ3) is 2.78. The van der Waals surface area contributed by atoms with Gasteiger partial charge < -0.3 is 0 Å². The highest BCUT2D eigenvalue weighted by Crippen LogP contribution is 2.13. The van der Waals surface area contributed by atoms with E-state index >= 15 is 0 Å². The number of hydrogen-bond donors (Lipinski definition) is 0. The van der Waals surface area contributed by atoms with Crippen LogP contribution in [0, 0.1) is 0 Å². The predicted octanol–water partition coefficient (Wildman–Crippen LogP) is 1.73. The summed E-state index contributed by atoms with van der Waals surface area (Å²) in [5.41, 5.74) is 0.550. The molecule has 0 unspecified atom stereocenters. The zero-order valence-corrected chi connectivity index (χ0v) is 13.8. The van der Waals surface area contributed by atoms with E-state index in [-0.39, 0.29) is 23.2 Å². The van der Waals surface area contributed by atoms with Gasteiger partial charge in [0.15, 0.2) is 5.69 Å². The minimum Gasteiger partial charge on any atom is -0.267 e. The van der Waals surface area contributed by atoms with Gasteiger partial charge in [-0.2, -0.15) is 5.10 Å². The highest BCUT2D eigenvalue weighted by atomic mass is 16.2. The molecule has 3 aromatic rings. The first-order valence-electron chi connectivity index (χ1n) is 7.71. The fourth-order valence-corrected chi connectivity index (χ4v) is 2.55. The number of fused-ring (bicyclic) bond motifs is 1. The Hall–Kier alpha value is -3.02.